The Labute approximate surface area is 144 Å². The highest BCUT2D eigenvalue weighted by Gasteiger charge is 2.09. The van der Waals surface area contributed by atoms with Crippen LogP contribution in [0.15, 0.2) is 61.1 Å². The molecule has 0 fully saturated rings. The van der Waals surface area contributed by atoms with Crippen LogP contribution in [0, 0.1) is 0 Å². The van der Waals surface area contributed by atoms with Crippen LogP contribution in [0.3, 0.4) is 0 Å². The van der Waals surface area contributed by atoms with Crippen molar-refractivity contribution in [2.24, 2.45) is 0 Å². The molecule has 0 amide bonds. The maximum Gasteiger partial charge on any atom is 0.227 e. The van der Waals surface area contributed by atoms with E-state index in [1.807, 2.05) is 49.4 Å². The minimum atomic E-state index is 0.518. The van der Waals surface area contributed by atoms with Crippen LogP contribution in [-0.4, -0.2) is 31.4 Å². The molecule has 0 saturated carbocycles. The summed E-state index contributed by atoms with van der Waals surface area (Å²) in [4.78, 5) is 8.87. The van der Waals surface area contributed by atoms with Crippen LogP contribution >= 0.6 is 0 Å². The standard InChI is InChI=1S/C18H16N6O/c1-2-25-14-7-5-13(6-8-14)22-18-19-11-9-16(23-18)15-12-21-24-17(15)4-3-10-20-24/h3-12H,2H2,1H3,(H,19,22,23). The van der Waals surface area contributed by atoms with Crippen molar-refractivity contribution in [3.8, 4) is 17.0 Å². The molecule has 0 saturated heterocycles. The van der Waals surface area contributed by atoms with Crippen molar-refractivity contribution in [1.29, 1.82) is 0 Å². The molecule has 1 N–H and O–H groups in total. The fourth-order valence-corrected chi connectivity index (χ4v) is 2.53. The highest BCUT2D eigenvalue weighted by molar-refractivity contribution is 5.77. The van der Waals surface area contributed by atoms with E-state index < -0.39 is 0 Å². The molecule has 7 nitrogen and oxygen atoms in total. The first-order valence-electron chi connectivity index (χ1n) is 7.96. The zero-order valence-electron chi connectivity index (χ0n) is 13.6. The van der Waals surface area contributed by atoms with Crippen LogP contribution in [0.4, 0.5) is 11.6 Å². The molecule has 3 heterocycles. The number of fused-ring (bicyclic) bond motifs is 1. The van der Waals surface area contributed by atoms with Crippen molar-refractivity contribution in [2.45, 2.75) is 6.92 Å². The van der Waals surface area contributed by atoms with Gasteiger partial charge in [-0.15, -0.1) is 0 Å². The molecule has 0 aliphatic heterocycles. The third-order valence-corrected chi connectivity index (χ3v) is 3.66. The molecule has 0 radical (unpaired) electrons. The maximum atomic E-state index is 5.45. The number of aromatic nitrogens is 5. The van der Waals surface area contributed by atoms with Gasteiger partial charge < -0.3 is 10.1 Å². The Morgan fingerprint density at radius 2 is 1.92 bits per heavy atom. The Balaban J connectivity index is 1.61. The summed E-state index contributed by atoms with van der Waals surface area (Å²) >= 11 is 0. The largest absolute Gasteiger partial charge is 0.494 e. The minimum absolute atomic E-state index is 0.518. The van der Waals surface area contributed by atoms with E-state index in [2.05, 4.69) is 25.5 Å². The zero-order chi connectivity index (χ0) is 17.1. The van der Waals surface area contributed by atoms with Gasteiger partial charge in [-0.3, -0.25) is 0 Å². The summed E-state index contributed by atoms with van der Waals surface area (Å²) in [6.07, 6.45) is 5.17. The van der Waals surface area contributed by atoms with Gasteiger partial charge in [0.1, 0.15) is 5.75 Å². The number of hydrogen-bond donors (Lipinski definition) is 1. The number of nitrogens with one attached hydrogen (secondary N) is 1. The highest BCUT2D eigenvalue weighted by atomic mass is 16.5. The lowest BCUT2D eigenvalue weighted by Crippen LogP contribution is -1.98. The number of ether oxygens (including phenoxy) is 1. The first-order chi connectivity index (χ1) is 12.3. The number of hydrogen-bond acceptors (Lipinski definition) is 6. The third kappa shape index (κ3) is 3.12. The molecule has 0 atom stereocenters. The second-order valence-electron chi connectivity index (χ2n) is 5.30. The molecule has 25 heavy (non-hydrogen) atoms. The number of benzene rings is 1. The van der Waals surface area contributed by atoms with Crippen LogP contribution < -0.4 is 10.1 Å². The molecular formula is C18H16N6O. The fraction of sp³-hybridized carbons (Fsp3) is 0.111. The molecule has 4 rings (SSSR count). The number of anilines is 2. The van der Waals surface area contributed by atoms with E-state index in [1.54, 1.807) is 23.2 Å². The summed E-state index contributed by atoms with van der Waals surface area (Å²) < 4.78 is 7.03. The normalized spacial score (nSPS) is 10.8. The lowest BCUT2D eigenvalue weighted by Gasteiger charge is -2.07. The summed E-state index contributed by atoms with van der Waals surface area (Å²) in [6, 6.07) is 13.4. The Morgan fingerprint density at radius 1 is 1.04 bits per heavy atom. The topological polar surface area (TPSA) is 77.2 Å². The molecule has 0 spiro atoms. The van der Waals surface area contributed by atoms with E-state index in [0.29, 0.717) is 12.6 Å². The van der Waals surface area contributed by atoms with Crippen LogP contribution in [0.25, 0.3) is 16.8 Å². The molecule has 4 aromatic rings. The zero-order valence-corrected chi connectivity index (χ0v) is 13.6. The van der Waals surface area contributed by atoms with Crippen LogP contribution in [0.1, 0.15) is 6.92 Å². The Hall–Kier alpha value is -3.48. The highest BCUT2D eigenvalue weighted by Crippen LogP contribution is 2.24. The van der Waals surface area contributed by atoms with Crippen molar-refractivity contribution < 1.29 is 4.74 Å². The van der Waals surface area contributed by atoms with Gasteiger partial charge in [0.05, 0.1) is 24.0 Å². The van der Waals surface area contributed by atoms with E-state index in [1.165, 1.54) is 0 Å². The van der Waals surface area contributed by atoms with Crippen molar-refractivity contribution in [3.05, 3.63) is 61.1 Å². The molecule has 7 heteroatoms. The van der Waals surface area contributed by atoms with Crippen LogP contribution in [0.5, 0.6) is 5.75 Å². The van der Waals surface area contributed by atoms with Crippen molar-refractivity contribution in [3.63, 3.8) is 0 Å². The van der Waals surface area contributed by atoms with Crippen molar-refractivity contribution in [2.75, 3.05) is 11.9 Å². The summed E-state index contributed by atoms with van der Waals surface area (Å²) in [5.74, 6) is 1.35. The lowest BCUT2D eigenvalue weighted by molar-refractivity contribution is 0.340. The van der Waals surface area contributed by atoms with E-state index in [0.717, 1.165) is 28.2 Å². The molecule has 3 aromatic heterocycles. The van der Waals surface area contributed by atoms with Crippen LogP contribution in [-0.2, 0) is 0 Å². The Kier molecular flexibility index (Phi) is 3.96. The van der Waals surface area contributed by atoms with Gasteiger partial charge >= 0.3 is 0 Å². The molecule has 0 aliphatic carbocycles. The van der Waals surface area contributed by atoms with E-state index >= 15 is 0 Å². The van der Waals surface area contributed by atoms with Gasteiger partial charge in [0.2, 0.25) is 5.95 Å². The monoisotopic (exact) mass is 332 g/mol. The summed E-state index contributed by atoms with van der Waals surface area (Å²) in [6.45, 7) is 2.61. The Morgan fingerprint density at radius 3 is 2.76 bits per heavy atom. The predicted molar refractivity (Wildman–Crippen MR) is 94.9 cm³/mol. The molecular weight excluding hydrogens is 316 g/mol. The van der Waals surface area contributed by atoms with Crippen molar-refractivity contribution in [1.82, 2.24) is 24.8 Å². The second kappa shape index (κ2) is 6.56. The van der Waals surface area contributed by atoms with Crippen LogP contribution in [0.2, 0.25) is 0 Å². The number of rotatable bonds is 5. The molecule has 1 aromatic carbocycles. The van der Waals surface area contributed by atoms with Gasteiger partial charge in [-0.05, 0) is 49.4 Å². The van der Waals surface area contributed by atoms with Gasteiger partial charge in [-0.1, -0.05) is 0 Å². The van der Waals surface area contributed by atoms with Gasteiger partial charge in [-0.2, -0.15) is 14.8 Å². The van der Waals surface area contributed by atoms with Gasteiger partial charge in [0.25, 0.3) is 0 Å². The average molecular weight is 332 g/mol. The molecule has 0 bridgehead atoms. The molecule has 0 unspecified atom stereocenters. The quantitative estimate of drug-likeness (QED) is 0.604. The van der Waals surface area contributed by atoms with Gasteiger partial charge in [0.15, 0.2) is 0 Å². The average Bonchev–Trinajstić information content (AvgIpc) is 3.08. The Bertz CT molecular complexity index is 996. The smallest absolute Gasteiger partial charge is 0.227 e. The maximum absolute atomic E-state index is 5.45. The summed E-state index contributed by atoms with van der Waals surface area (Å²) in [5.41, 5.74) is 3.48. The number of nitrogens with zero attached hydrogens (tertiary/aromatic N) is 5. The lowest BCUT2D eigenvalue weighted by atomic mass is 10.2. The fourth-order valence-electron chi connectivity index (χ4n) is 2.53. The minimum Gasteiger partial charge on any atom is -0.494 e. The third-order valence-electron chi connectivity index (χ3n) is 3.66. The second-order valence-corrected chi connectivity index (χ2v) is 5.30. The van der Waals surface area contributed by atoms with Crippen molar-refractivity contribution >= 4 is 17.2 Å². The van der Waals surface area contributed by atoms with Gasteiger partial charge in [0, 0.05) is 23.6 Å². The van der Waals surface area contributed by atoms with E-state index in [9.17, 15) is 0 Å². The first-order valence-corrected chi connectivity index (χ1v) is 7.96. The van der Waals surface area contributed by atoms with Gasteiger partial charge in [-0.25, -0.2) is 9.97 Å². The summed E-state index contributed by atoms with van der Waals surface area (Å²) in [7, 11) is 0. The van der Waals surface area contributed by atoms with E-state index in [4.69, 9.17) is 4.74 Å². The molecule has 124 valence electrons. The predicted octanol–water partition coefficient (Wildman–Crippen LogP) is 3.33. The SMILES string of the molecule is CCOc1ccc(Nc2nccc(-c3cnn4ncccc34)n2)cc1. The molecule has 0 aliphatic rings. The first kappa shape index (κ1) is 15.1. The summed E-state index contributed by atoms with van der Waals surface area (Å²) in [5, 5.41) is 11.6. The van der Waals surface area contributed by atoms with E-state index in [-0.39, 0.29) is 0 Å².